The van der Waals surface area contributed by atoms with Crippen LogP contribution in [0.4, 0.5) is 0 Å². The number of imidazole rings is 1. The molecule has 3 heteroatoms. The highest BCUT2D eigenvalue weighted by molar-refractivity contribution is 6.09. The molecule has 0 fully saturated rings. The van der Waals surface area contributed by atoms with E-state index < -0.39 is 0 Å². The van der Waals surface area contributed by atoms with Gasteiger partial charge in [0.25, 0.3) is 0 Å². The van der Waals surface area contributed by atoms with Crippen molar-refractivity contribution in [3.05, 3.63) is 85.2 Å². The highest BCUT2D eigenvalue weighted by Gasteiger charge is 2.15. The molecule has 0 saturated heterocycles. The number of aromatic nitrogens is 2. The normalized spacial score (nSPS) is 11.3. The zero-order chi connectivity index (χ0) is 15.9. The molecule has 0 spiro atoms. The van der Waals surface area contributed by atoms with Gasteiger partial charge in [0.05, 0.1) is 5.56 Å². The number of hydrogen-bond donors (Lipinski definition) is 0. The Bertz CT molecular complexity index is 1150. The summed E-state index contributed by atoms with van der Waals surface area (Å²) in [6, 6.07) is 24.6. The van der Waals surface area contributed by atoms with Gasteiger partial charge in [0.2, 0.25) is 0 Å². The fraction of sp³-hybridized carbons (Fsp3) is 0. The number of benzene rings is 3. The Balaban J connectivity index is 1.81. The van der Waals surface area contributed by atoms with E-state index in [1.54, 1.807) is 0 Å². The maximum Gasteiger partial charge on any atom is 0.148 e. The molecule has 0 radical (unpaired) electrons. The van der Waals surface area contributed by atoms with Gasteiger partial charge in [-0.3, -0.25) is 4.57 Å². The van der Waals surface area contributed by atoms with Crippen LogP contribution in [-0.2, 0) is 0 Å². The summed E-state index contributed by atoms with van der Waals surface area (Å²) >= 11 is 0. The molecule has 3 nitrogen and oxygen atoms in total. The van der Waals surface area contributed by atoms with Gasteiger partial charge >= 0.3 is 0 Å². The smallest absolute Gasteiger partial charge is 0.148 e. The summed E-state index contributed by atoms with van der Waals surface area (Å²) in [6.07, 6.45) is 3.80. The average Bonchev–Trinajstić information content (AvgIpc) is 3.27. The minimum Gasteiger partial charge on any atom is -0.455 e. The molecule has 0 aliphatic carbocycles. The van der Waals surface area contributed by atoms with Gasteiger partial charge in [-0.05, 0) is 24.3 Å². The monoisotopic (exact) mass is 310 g/mol. The Morgan fingerprint density at radius 3 is 2.46 bits per heavy atom. The second-order valence-corrected chi connectivity index (χ2v) is 5.74. The molecule has 0 amide bonds. The third-order valence-electron chi connectivity index (χ3n) is 4.32. The number of nitrogens with zero attached hydrogens (tertiary/aromatic N) is 2. The molecule has 24 heavy (non-hydrogen) atoms. The van der Waals surface area contributed by atoms with Crippen molar-refractivity contribution in [2.75, 3.05) is 0 Å². The molecule has 0 saturated carbocycles. The fourth-order valence-electron chi connectivity index (χ4n) is 3.22. The van der Waals surface area contributed by atoms with Crippen molar-refractivity contribution in [1.29, 1.82) is 0 Å². The van der Waals surface area contributed by atoms with Gasteiger partial charge in [-0.2, -0.15) is 0 Å². The molecule has 2 heterocycles. The fourth-order valence-corrected chi connectivity index (χ4v) is 3.22. The molecule has 0 aliphatic rings. The largest absolute Gasteiger partial charge is 0.455 e. The van der Waals surface area contributed by atoms with Crippen molar-refractivity contribution in [3.63, 3.8) is 0 Å². The lowest BCUT2D eigenvalue weighted by Gasteiger charge is -2.08. The predicted molar refractivity (Wildman–Crippen MR) is 96.3 cm³/mol. The zero-order valence-electron chi connectivity index (χ0n) is 12.9. The van der Waals surface area contributed by atoms with E-state index in [4.69, 9.17) is 4.42 Å². The molecule has 0 bridgehead atoms. The van der Waals surface area contributed by atoms with E-state index in [0.717, 1.165) is 39.0 Å². The zero-order valence-corrected chi connectivity index (χ0v) is 12.9. The van der Waals surface area contributed by atoms with E-state index in [1.807, 2.05) is 48.8 Å². The first-order valence-corrected chi connectivity index (χ1v) is 7.91. The summed E-state index contributed by atoms with van der Waals surface area (Å²) in [6.45, 7) is 0. The molecule has 0 aliphatic heterocycles. The second kappa shape index (κ2) is 5.10. The Labute approximate surface area is 138 Å². The summed E-state index contributed by atoms with van der Waals surface area (Å²) in [5, 5.41) is 2.25. The van der Waals surface area contributed by atoms with E-state index in [2.05, 4.69) is 45.9 Å². The average molecular weight is 310 g/mol. The maximum absolute atomic E-state index is 6.14. The number of rotatable bonds is 2. The van der Waals surface area contributed by atoms with E-state index in [1.165, 1.54) is 0 Å². The van der Waals surface area contributed by atoms with Crippen molar-refractivity contribution in [2.45, 2.75) is 0 Å². The number of para-hydroxylation sites is 3. The predicted octanol–water partition coefficient (Wildman–Crippen LogP) is 5.44. The third-order valence-corrected chi connectivity index (χ3v) is 4.32. The van der Waals surface area contributed by atoms with Gasteiger partial charge in [0.1, 0.15) is 17.0 Å². The van der Waals surface area contributed by atoms with Crippen LogP contribution < -0.4 is 0 Å². The maximum atomic E-state index is 6.14. The first-order chi connectivity index (χ1) is 11.9. The van der Waals surface area contributed by atoms with E-state index in [-0.39, 0.29) is 0 Å². The molecule has 0 N–H and O–H groups in total. The quantitative estimate of drug-likeness (QED) is 0.435. The number of furan rings is 1. The van der Waals surface area contributed by atoms with Crippen molar-refractivity contribution < 1.29 is 4.42 Å². The van der Waals surface area contributed by atoms with Crippen LogP contribution in [0.25, 0.3) is 39.0 Å². The SMILES string of the molecule is c1ccc(-n2ccnc2-c2cccc3c2oc2ccccc23)cc1. The van der Waals surface area contributed by atoms with Crippen molar-refractivity contribution in [1.82, 2.24) is 9.55 Å². The summed E-state index contributed by atoms with van der Waals surface area (Å²) < 4.78 is 8.23. The van der Waals surface area contributed by atoms with Crippen LogP contribution >= 0.6 is 0 Å². The summed E-state index contributed by atoms with van der Waals surface area (Å²) in [4.78, 5) is 4.59. The molecule has 3 aromatic carbocycles. The van der Waals surface area contributed by atoms with Crippen LogP contribution in [0.1, 0.15) is 0 Å². The van der Waals surface area contributed by atoms with Crippen molar-refractivity contribution >= 4 is 21.9 Å². The van der Waals surface area contributed by atoms with Crippen molar-refractivity contribution in [3.8, 4) is 17.1 Å². The molecule has 5 aromatic rings. The van der Waals surface area contributed by atoms with E-state index in [0.29, 0.717) is 0 Å². The van der Waals surface area contributed by atoms with Gasteiger partial charge in [-0.1, -0.05) is 48.5 Å². The van der Waals surface area contributed by atoms with E-state index in [9.17, 15) is 0 Å². The molecular weight excluding hydrogens is 296 g/mol. The molecule has 2 aromatic heterocycles. The Morgan fingerprint density at radius 1 is 0.750 bits per heavy atom. The van der Waals surface area contributed by atoms with E-state index >= 15 is 0 Å². The number of fused-ring (bicyclic) bond motifs is 3. The molecule has 114 valence electrons. The minimum atomic E-state index is 0.877. The van der Waals surface area contributed by atoms with Crippen LogP contribution in [0.2, 0.25) is 0 Å². The lowest BCUT2D eigenvalue weighted by molar-refractivity contribution is 0.669. The lowest BCUT2D eigenvalue weighted by Crippen LogP contribution is -1.96. The Morgan fingerprint density at radius 2 is 1.54 bits per heavy atom. The first kappa shape index (κ1) is 13.1. The molecule has 5 rings (SSSR count). The Kier molecular flexibility index (Phi) is 2.79. The van der Waals surface area contributed by atoms with Gasteiger partial charge in [0, 0.05) is 28.9 Å². The molecule has 0 atom stereocenters. The van der Waals surface area contributed by atoms with Gasteiger partial charge < -0.3 is 4.42 Å². The summed E-state index contributed by atoms with van der Waals surface area (Å²) in [7, 11) is 0. The number of hydrogen-bond acceptors (Lipinski definition) is 2. The van der Waals surface area contributed by atoms with Crippen LogP contribution in [0.5, 0.6) is 0 Å². The van der Waals surface area contributed by atoms with Gasteiger partial charge in [0.15, 0.2) is 0 Å². The van der Waals surface area contributed by atoms with Crippen LogP contribution in [0, 0.1) is 0 Å². The highest BCUT2D eigenvalue weighted by Crippen LogP contribution is 2.35. The van der Waals surface area contributed by atoms with Gasteiger partial charge in [-0.15, -0.1) is 0 Å². The standard InChI is InChI=1S/C21H14N2O/c1-2-7-15(8-3-1)23-14-13-22-21(23)18-11-6-10-17-16-9-4-5-12-19(16)24-20(17)18/h1-14H. The lowest BCUT2D eigenvalue weighted by atomic mass is 10.1. The van der Waals surface area contributed by atoms with Crippen molar-refractivity contribution in [2.24, 2.45) is 0 Å². The van der Waals surface area contributed by atoms with Crippen LogP contribution in [0.15, 0.2) is 89.6 Å². The summed E-state index contributed by atoms with van der Waals surface area (Å²) in [5.41, 5.74) is 3.86. The highest BCUT2D eigenvalue weighted by atomic mass is 16.3. The Hall–Kier alpha value is -3.33. The minimum absolute atomic E-state index is 0.877. The molecule has 0 unspecified atom stereocenters. The second-order valence-electron chi connectivity index (χ2n) is 5.74. The van der Waals surface area contributed by atoms with Crippen LogP contribution in [0.3, 0.4) is 0 Å². The van der Waals surface area contributed by atoms with Gasteiger partial charge in [-0.25, -0.2) is 4.98 Å². The first-order valence-electron chi connectivity index (χ1n) is 7.91. The molecular formula is C21H14N2O. The third kappa shape index (κ3) is 1.88. The van der Waals surface area contributed by atoms with Crippen LogP contribution in [-0.4, -0.2) is 9.55 Å². The topological polar surface area (TPSA) is 31.0 Å². The summed E-state index contributed by atoms with van der Waals surface area (Å²) in [5.74, 6) is 0.880.